The van der Waals surface area contributed by atoms with E-state index in [1.165, 1.54) is 6.42 Å². The van der Waals surface area contributed by atoms with Crippen LogP contribution in [0.1, 0.15) is 58.4 Å². The van der Waals surface area contributed by atoms with Crippen LogP contribution in [0.2, 0.25) is 0 Å². The number of carbonyl (C=O) groups excluding carboxylic acids is 3. The highest BCUT2D eigenvalue weighted by atomic mass is 16.5. The molecule has 0 spiro atoms. The lowest BCUT2D eigenvalue weighted by atomic mass is 9.94. The number of nitrogens with zero attached hydrogens (tertiary/aromatic N) is 2. The van der Waals surface area contributed by atoms with Gasteiger partial charge in [0.15, 0.2) is 6.61 Å². The monoisotopic (exact) mass is 422 g/mol. The molecule has 0 heterocycles. The number of carbonyl (C=O) groups is 3. The third kappa shape index (κ3) is 5.94. The summed E-state index contributed by atoms with van der Waals surface area (Å²) in [7, 11) is 3.46. The van der Waals surface area contributed by atoms with Crippen LogP contribution in [0.15, 0.2) is 54.6 Å². The van der Waals surface area contributed by atoms with Crippen molar-refractivity contribution in [3.8, 4) is 0 Å². The van der Waals surface area contributed by atoms with Gasteiger partial charge >= 0.3 is 5.97 Å². The highest BCUT2D eigenvalue weighted by Crippen LogP contribution is 2.22. The fraction of sp³-hybridized carbons (Fsp3) is 0.400. The minimum Gasteiger partial charge on any atom is -0.452 e. The Hall–Kier alpha value is -3.15. The fourth-order valence-electron chi connectivity index (χ4n) is 3.96. The van der Waals surface area contributed by atoms with E-state index in [9.17, 15) is 14.4 Å². The molecule has 3 rings (SSSR count). The smallest absolute Gasteiger partial charge is 0.339 e. The summed E-state index contributed by atoms with van der Waals surface area (Å²) in [5.41, 5.74) is 1.43. The van der Waals surface area contributed by atoms with Gasteiger partial charge in [-0.05, 0) is 30.5 Å². The summed E-state index contributed by atoms with van der Waals surface area (Å²) in [4.78, 5) is 41.4. The zero-order valence-electron chi connectivity index (χ0n) is 18.3. The molecule has 0 aromatic heterocycles. The fourth-order valence-corrected chi connectivity index (χ4v) is 3.96. The molecule has 1 saturated carbocycles. The molecule has 0 bridgehead atoms. The molecule has 0 unspecified atom stereocenters. The Bertz CT molecular complexity index is 907. The number of amides is 2. The van der Waals surface area contributed by atoms with Gasteiger partial charge in [0.05, 0.1) is 11.1 Å². The van der Waals surface area contributed by atoms with Gasteiger partial charge in [-0.2, -0.15) is 0 Å². The molecule has 0 atom stereocenters. The van der Waals surface area contributed by atoms with Gasteiger partial charge < -0.3 is 14.5 Å². The van der Waals surface area contributed by atoms with Crippen LogP contribution in [-0.4, -0.2) is 54.3 Å². The predicted molar refractivity (Wildman–Crippen MR) is 119 cm³/mol. The number of benzene rings is 2. The number of rotatable bonds is 7. The number of ether oxygens (including phenoxy) is 1. The van der Waals surface area contributed by atoms with Crippen molar-refractivity contribution in [2.45, 2.75) is 44.7 Å². The first-order chi connectivity index (χ1) is 15.0. The number of hydrogen-bond donors (Lipinski definition) is 0. The molecule has 1 aliphatic carbocycles. The van der Waals surface area contributed by atoms with Gasteiger partial charge in [0.25, 0.3) is 11.8 Å². The minimum absolute atomic E-state index is 0.167. The van der Waals surface area contributed by atoms with Crippen LogP contribution in [0, 0.1) is 0 Å². The number of esters is 1. The van der Waals surface area contributed by atoms with E-state index in [1.54, 1.807) is 48.2 Å². The number of hydrogen-bond acceptors (Lipinski definition) is 4. The van der Waals surface area contributed by atoms with Crippen molar-refractivity contribution in [2.24, 2.45) is 0 Å². The largest absolute Gasteiger partial charge is 0.452 e. The van der Waals surface area contributed by atoms with Crippen LogP contribution < -0.4 is 0 Å². The molecule has 0 saturated heterocycles. The Morgan fingerprint density at radius 2 is 1.48 bits per heavy atom. The van der Waals surface area contributed by atoms with Gasteiger partial charge in [-0.3, -0.25) is 9.59 Å². The first-order valence-corrected chi connectivity index (χ1v) is 10.8. The predicted octanol–water partition coefficient (Wildman–Crippen LogP) is 3.91. The minimum atomic E-state index is -0.664. The van der Waals surface area contributed by atoms with Crippen molar-refractivity contribution >= 4 is 17.8 Å². The van der Waals surface area contributed by atoms with Crippen molar-refractivity contribution < 1.29 is 19.1 Å². The Morgan fingerprint density at radius 3 is 2.16 bits per heavy atom. The van der Waals surface area contributed by atoms with Crippen LogP contribution in [0.5, 0.6) is 0 Å². The lowest BCUT2D eigenvalue weighted by molar-refractivity contribution is -0.135. The third-order valence-electron chi connectivity index (χ3n) is 5.83. The van der Waals surface area contributed by atoms with E-state index in [0.717, 1.165) is 31.2 Å². The van der Waals surface area contributed by atoms with Gasteiger partial charge in [-0.1, -0.05) is 61.7 Å². The lowest BCUT2D eigenvalue weighted by Gasteiger charge is -2.31. The lowest BCUT2D eigenvalue weighted by Crippen LogP contribution is -2.40. The van der Waals surface area contributed by atoms with Crippen molar-refractivity contribution in [3.05, 3.63) is 71.3 Å². The zero-order chi connectivity index (χ0) is 22.2. The Labute approximate surface area is 183 Å². The molecule has 6 heteroatoms. The van der Waals surface area contributed by atoms with E-state index in [4.69, 9.17) is 4.74 Å². The van der Waals surface area contributed by atoms with Gasteiger partial charge in [0.1, 0.15) is 0 Å². The molecule has 0 aliphatic heterocycles. The average Bonchev–Trinajstić information content (AvgIpc) is 2.82. The SMILES string of the molecule is CN(Cc1ccccc1)C(=O)c1ccccc1C(=O)OCC(=O)N(C)C1CCCCC1. The third-order valence-corrected chi connectivity index (χ3v) is 5.83. The maximum atomic E-state index is 13.0. The molecule has 2 aromatic rings. The summed E-state index contributed by atoms with van der Waals surface area (Å²) < 4.78 is 5.29. The van der Waals surface area contributed by atoms with Crippen molar-refractivity contribution in [3.63, 3.8) is 0 Å². The van der Waals surface area contributed by atoms with Gasteiger partial charge in [-0.15, -0.1) is 0 Å². The van der Waals surface area contributed by atoms with E-state index >= 15 is 0 Å². The standard InChI is InChI=1S/C25H30N2O4/c1-26(17-19-11-5-3-6-12-19)24(29)21-15-9-10-16-22(21)25(30)31-18-23(28)27(2)20-13-7-4-8-14-20/h3,5-6,9-12,15-16,20H,4,7-8,13-14,17-18H2,1-2H3. The quantitative estimate of drug-likeness (QED) is 0.635. The summed E-state index contributed by atoms with van der Waals surface area (Å²) in [6.45, 7) is 0.0991. The summed E-state index contributed by atoms with van der Waals surface area (Å²) in [5.74, 6) is -1.16. The summed E-state index contributed by atoms with van der Waals surface area (Å²) in [6, 6.07) is 16.4. The summed E-state index contributed by atoms with van der Waals surface area (Å²) in [6.07, 6.45) is 5.42. The van der Waals surface area contributed by atoms with E-state index in [2.05, 4.69) is 0 Å². The maximum Gasteiger partial charge on any atom is 0.339 e. The molecule has 1 aliphatic rings. The molecule has 2 amide bonds. The average molecular weight is 423 g/mol. The molecular formula is C25H30N2O4. The van der Waals surface area contributed by atoms with Gasteiger partial charge in [0.2, 0.25) is 0 Å². The van der Waals surface area contributed by atoms with Crippen molar-refractivity contribution in [1.29, 1.82) is 0 Å². The van der Waals surface area contributed by atoms with E-state index in [1.807, 2.05) is 30.3 Å². The summed E-state index contributed by atoms with van der Waals surface area (Å²) >= 11 is 0. The molecular weight excluding hydrogens is 392 g/mol. The van der Waals surface area contributed by atoms with Gasteiger partial charge in [-0.25, -0.2) is 4.79 Å². The topological polar surface area (TPSA) is 66.9 Å². The van der Waals surface area contributed by atoms with Gasteiger partial charge in [0, 0.05) is 26.7 Å². The van der Waals surface area contributed by atoms with E-state index in [-0.39, 0.29) is 35.6 Å². The molecule has 2 aromatic carbocycles. The Kier molecular flexibility index (Phi) is 7.82. The second-order valence-electron chi connectivity index (χ2n) is 8.07. The normalized spacial score (nSPS) is 14.0. The Morgan fingerprint density at radius 1 is 0.871 bits per heavy atom. The second-order valence-corrected chi connectivity index (χ2v) is 8.07. The Balaban J connectivity index is 1.62. The van der Waals surface area contributed by atoms with Crippen LogP contribution >= 0.6 is 0 Å². The van der Waals surface area contributed by atoms with E-state index in [0.29, 0.717) is 6.54 Å². The molecule has 0 radical (unpaired) electrons. The summed E-state index contributed by atoms with van der Waals surface area (Å²) in [5, 5.41) is 0. The molecule has 164 valence electrons. The molecule has 6 nitrogen and oxygen atoms in total. The van der Waals surface area contributed by atoms with Crippen LogP contribution in [-0.2, 0) is 16.1 Å². The van der Waals surface area contributed by atoms with Crippen LogP contribution in [0.4, 0.5) is 0 Å². The van der Waals surface area contributed by atoms with Crippen molar-refractivity contribution in [1.82, 2.24) is 9.80 Å². The highest BCUT2D eigenvalue weighted by molar-refractivity contribution is 6.05. The van der Waals surface area contributed by atoms with Crippen LogP contribution in [0.3, 0.4) is 0 Å². The second kappa shape index (κ2) is 10.8. The number of likely N-dealkylation sites (N-methyl/N-ethyl adjacent to an activating group) is 1. The maximum absolute atomic E-state index is 13.0. The zero-order valence-corrected chi connectivity index (χ0v) is 18.3. The molecule has 31 heavy (non-hydrogen) atoms. The first-order valence-electron chi connectivity index (χ1n) is 10.8. The highest BCUT2D eigenvalue weighted by Gasteiger charge is 2.25. The van der Waals surface area contributed by atoms with Crippen molar-refractivity contribution in [2.75, 3.05) is 20.7 Å². The first kappa shape index (κ1) is 22.5. The van der Waals surface area contributed by atoms with E-state index < -0.39 is 5.97 Å². The molecule has 1 fully saturated rings. The molecule has 0 N–H and O–H groups in total. The van der Waals surface area contributed by atoms with Crippen LogP contribution in [0.25, 0.3) is 0 Å².